The summed E-state index contributed by atoms with van der Waals surface area (Å²) >= 11 is 0. The number of piperidine rings is 1. The van der Waals surface area contributed by atoms with Gasteiger partial charge in [0.25, 0.3) is 11.8 Å². The third-order valence-corrected chi connectivity index (χ3v) is 7.50. The van der Waals surface area contributed by atoms with Crippen molar-refractivity contribution >= 4 is 40.4 Å². The van der Waals surface area contributed by atoms with Crippen LogP contribution >= 0.6 is 0 Å². The number of hydrogen-bond donors (Lipinski definition) is 3. The normalized spacial score (nSPS) is 17.1. The summed E-state index contributed by atoms with van der Waals surface area (Å²) in [6, 6.07) is 20.2. The first-order chi connectivity index (χ1) is 18.7. The van der Waals surface area contributed by atoms with E-state index in [-0.39, 0.29) is 23.4 Å². The molecule has 3 N–H and O–H groups in total. The second-order valence-corrected chi connectivity index (χ2v) is 10.2. The van der Waals surface area contributed by atoms with Gasteiger partial charge in [-0.15, -0.1) is 0 Å². The summed E-state index contributed by atoms with van der Waals surface area (Å²) in [7, 11) is 3.74. The number of nitrogens with one attached hydrogen (secondary N) is 2. The van der Waals surface area contributed by atoms with E-state index in [9.17, 15) is 19.5 Å². The zero-order valence-electron chi connectivity index (χ0n) is 22.3. The number of carbonyl (C=O) groups is 3. The second kappa shape index (κ2) is 10.7. The van der Waals surface area contributed by atoms with Crippen molar-refractivity contribution in [1.29, 1.82) is 0 Å². The van der Waals surface area contributed by atoms with Gasteiger partial charge in [0, 0.05) is 29.9 Å². The molecule has 39 heavy (non-hydrogen) atoms. The number of aromatic carboxylic acids is 1. The van der Waals surface area contributed by atoms with E-state index in [4.69, 9.17) is 0 Å². The number of carboxylic acids is 1. The molecule has 1 fully saturated rings. The number of likely N-dealkylation sites (tertiary alicyclic amines) is 1. The minimum absolute atomic E-state index is 0.0935. The highest BCUT2D eigenvalue weighted by Gasteiger charge is 2.34. The first-order valence-corrected chi connectivity index (χ1v) is 13.1. The van der Waals surface area contributed by atoms with E-state index < -0.39 is 5.97 Å². The molecule has 8 nitrogen and oxygen atoms in total. The zero-order valence-corrected chi connectivity index (χ0v) is 22.3. The predicted octanol–water partition coefficient (Wildman–Crippen LogP) is 4.47. The molecule has 0 atom stereocenters. The molecule has 5 rings (SSSR count). The van der Waals surface area contributed by atoms with Crippen LogP contribution in [0.15, 0.2) is 66.7 Å². The number of nitrogens with zero attached hydrogens (tertiary/aromatic N) is 2. The lowest BCUT2D eigenvalue weighted by molar-refractivity contribution is -0.112. The Morgan fingerprint density at radius 3 is 2.23 bits per heavy atom. The number of rotatable bonds is 6. The maximum Gasteiger partial charge on any atom is 0.336 e. The number of anilines is 2. The summed E-state index contributed by atoms with van der Waals surface area (Å²) in [5.74, 6) is -1.36. The highest BCUT2D eigenvalue weighted by Crippen LogP contribution is 2.41. The Balaban J connectivity index is 1.48. The minimum atomic E-state index is -1.03. The highest BCUT2D eigenvalue weighted by molar-refractivity contribution is 6.38. The molecule has 0 radical (unpaired) electrons. The van der Waals surface area contributed by atoms with Crippen molar-refractivity contribution in [2.45, 2.75) is 25.8 Å². The molecule has 3 aromatic rings. The molecule has 2 heterocycles. The van der Waals surface area contributed by atoms with Crippen LogP contribution in [0.5, 0.6) is 0 Å². The van der Waals surface area contributed by atoms with Crippen LogP contribution in [0.1, 0.15) is 50.2 Å². The van der Waals surface area contributed by atoms with E-state index in [0.29, 0.717) is 33.6 Å². The summed E-state index contributed by atoms with van der Waals surface area (Å²) in [6.07, 6.45) is 1.88. The molecule has 1 saturated heterocycles. The Labute approximate surface area is 227 Å². The van der Waals surface area contributed by atoms with Crippen molar-refractivity contribution in [3.8, 4) is 0 Å². The van der Waals surface area contributed by atoms with Gasteiger partial charge in [-0.3, -0.25) is 9.59 Å². The first kappa shape index (κ1) is 26.2. The molecule has 0 spiro atoms. The third kappa shape index (κ3) is 5.28. The summed E-state index contributed by atoms with van der Waals surface area (Å²) < 4.78 is 0. The largest absolute Gasteiger partial charge is 0.478 e. The van der Waals surface area contributed by atoms with Gasteiger partial charge in [0.05, 0.1) is 22.5 Å². The van der Waals surface area contributed by atoms with Gasteiger partial charge in [-0.1, -0.05) is 30.3 Å². The van der Waals surface area contributed by atoms with Crippen LogP contribution in [0.4, 0.5) is 11.4 Å². The van der Waals surface area contributed by atoms with E-state index in [1.807, 2.05) is 42.5 Å². The average Bonchev–Trinajstić information content (AvgIpc) is 3.17. The summed E-state index contributed by atoms with van der Waals surface area (Å²) in [4.78, 5) is 41.9. The summed E-state index contributed by atoms with van der Waals surface area (Å²) in [5.41, 5.74) is 5.14. The number of carbonyl (C=O) groups excluding carboxylic acids is 2. The van der Waals surface area contributed by atoms with Gasteiger partial charge in [0.15, 0.2) is 0 Å². The SMILES string of the molecule is Cc1cc2c(cc1C(=O)O)N(C)C(=O)C2=C(Nc1ccc(C(=O)NC2CCN(C)CC2)cc1)c1ccccc1. The lowest BCUT2D eigenvalue weighted by atomic mass is 9.96. The molecule has 0 unspecified atom stereocenters. The molecule has 2 aliphatic heterocycles. The fourth-order valence-corrected chi connectivity index (χ4v) is 5.19. The van der Waals surface area contributed by atoms with Crippen LogP contribution < -0.4 is 15.5 Å². The number of likely N-dealkylation sites (N-methyl/N-ethyl adjacent to an activating group) is 1. The van der Waals surface area contributed by atoms with Gasteiger partial charge in [0.1, 0.15) is 0 Å². The van der Waals surface area contributed by atoms with E-state index >= 15 is 0 Å². The highest BCUT2D eigenvalue weighted by atomic mass is 16.4. The topological polar surface area (TPSA) is 102 Å². The van der Waals surface area contributed by atoms with Gasteiger partial charge in [-0.05, 0) is 87.4 Å². The number of benzene rings is 3. The Morgan fingerprint density at radius 2 is 1.59 bits per heavy atom. The molecule has 2 amide bonds. The fourth-order valence-electron chi connectivity index (χ4n) is 5.19. The van der Waals surface area contributed by atoms with Gasteiger partial charge < -0.3 is 25.5 Å². The smallest absolute Gasteiger partial charge is 0.336 e. The van der Waals surface area contributed by atoms with Crippen molar-refractivity contribution in [2.75, 3.05) is 37.4 Å². The number of hydrogen-bond acceptors (Lipinski definition) is 5. The molecule has 2 aliphatic rings. The summed E-state index contributed by atoms with van der Waals surface area (Å²) in [5, 5.41) is 16.2. The molecule has 0 saturated carbocycles. The lowest BCUT2D eigenvalue weighted by Gasteiger charge is -2.29. The Kier molecular flexibility index (Phi) is 7.21. The molecule has 8 heteroatoms. The van der Waals surface area contributed by atoms with Crippen molar-refractivity contribution in [3.05, 3.63) is 94.5 Å². The standard InChI is InChI=1S/C31H32N4O4/c1-19-17-25-26(18-24(19)31(38)39)35(3)30(37)27(25)28(20-7-5-4-6-8-20)32-22-11-9-21(10-12-22)29(36)33-23-13-15-34(2)16-14-23/h4-12,17-18,23,32H,13-16H2,1-3H3,(H,33,36)(H,38,39). The van der Waals surface area contributed by atoms with Crippen molar-refractivity contribution in [2.24, 2.45) is 0 Å². The van der Waals surface area contributed by atoms with Gasteiger partial charge >= 0.3 is 5.97 Å². The Hall–Kier alpha value is -4.43. The van der Waals surface area contributed by atoms with E-state index in [2.05, 4.69) is 22.6 Å². The van der Waals surface area contributed by atoms with Gasteiger partial charge in [-0.25, -0.2) is 4.79 Å². The molecule has 0 bridgehead atoms. The maximum atomic E-state index is 13.5. The zero-order chi connectivity index (χ0) is 27.7. The van der Waals surface area contributed by atoms with E-state index in [1.165, 1.54) is 4.90 Å². The van der Waals surface area contributed by atoms with Crippen molar-refractivity contribution < 1.29 is 19.5 Å². The quantitative estimate of drug-likeness (QED) is 0.411. The maximum absolute atomic E-state index is 13.5. The second-order valence-electron chi connectivity index (χ2n) is 10.2. The van der Waals surface area contributed by atoms with Crippen molar-refractivity contribution in [3.63, 3.8) is 0 Å². The van der Waals surface area contributed by atoms with Crippen LogP contribution in [0.2, 0.25) is 0 Å². The van der Waals surface area contributed by atoms with Crippen LogP contribution in [0.25, 0.3) is 11.3 Å². The monoisotopic (exact) mass is 524 g/mol. The minimum Gasteiger partial charge on any atom is -0.478 e. The fraction of sp³-hybridized carbons (Fsp3) is 0.258. The van der Waals surface area contributed by atoms with Crippen LogP contribution in [-0.4, -0.2) is 61.0 Å². The Bertz CT molecular complexity index is 1460. The molecular weight excluding hydrogens is 492 g/mol. The molecule has 0 aromatic heterocycles. The van der Waals surface area contributed by atoms with Gasteiger partial charge in [-0.2, -0.15) is 0 Å². The number of carboxylic acid groups (broad SMARTS) is 1. The average molecular weight is 525 g/mol. The molecule has 0 aliphatic carbocycles. The number of aryl methyl sites for hydroxylation is 1. The Morgan fingerprint density at radius 1 is 0.923 bits per heavy atom. The van der Waals surface area contributed by atoms with E-state index in [1.54, 1.807) is 38.2 Å². The van der Waals surface area contributed by atoms with Crippen LogP contribution in [0.3, 0.4) is 0 Å². The third-order valence-electron chi connectivity index (χ3n) is 7.50. The summed E-state index contributed by atoms with van der Waals surface area (Å²) in [6.45, 7) is 3.67. The molecule has 3 aromatic carbocycles. The number of amides is 2. The molecular formula is C31H32N4O4. The first-order valence-electron chi connectivity index (χ1n) is 13.1. The predicted molar refractivity (Wildman–Crippen MR) is 153 cm³/mol. The van der Waals surface area contributed by atoms with Crippen LogP contribution in [0, 0.1) is 6.92 Å². The van der Waals surface area contributed by atoms with Crippen LogP contribution in [-0.2, 0) is 4.79 Å². The van der Waals surface area contributed by atoms with Crippen molar-refractivity contribution in [1.82, 2.24) is 10.2 Å². The number of fused-ring (bicyclic) bond motifs is 1. The molecule has 200 valence electrons. The van der Waals surface area contributed by atoms with Gasteiger partial charge in [0.2, 0.25) is 0 Å². The lowest BCUT2D eigenvalue weighted by Crippen LogP contribution is -2.43. The van der Waals surface area contributed by atoms with E-state index in [0.717, 1.165) is 37.2 Å².